The minimum absolute atomic E-state index is 0.0142. The van der Waals surface area contributed by atoms with E-state index in [1.807, 2.05) is 47.4 Å². The fourth-order valence-corrected chi connectivity index (χ4v) is 5.99. The van der Waals surface area contributed by atoms with E-state index in [1.54, 1.807) is 19.5 Å². The third-order valence-corrected chi connectivity index (χ3v) is 8.29. The van der Waals surface area contributed by atoms with Crippen LogP contribution in [0.4, 0.5) is 0 Å². The molecule has 2 aromatic carbocycles. The molecule has 1 fully saturated rings. The maximum atomic E-state index is 14.1. The fourth-order valence-electron chi connectivity index (χ4n) is 4.98. The van der Waals surface area contributed by atoms with E-state index < -0.39 is 5.66 Å². The van der Waals surface area contributed by atoms with Crippen LogP contribution < -0.4 is 10.5 Å². The fraction of sp³-hybridized carbons (Fsp3) is 0.310. The number of pyridine rings is 1. The number of amides is 1. The summed E-state index contributed by atoms with van der Waals surface area (Å²) in [5.41, 5.74) is 9.42. The molecule has 2 heterocycles. The molecule has 1 aliphatic rings. The maximum absolute atomic E-state index is 14.1. The van der Waals surface area contributed by atoms with Crippen molar-refractivity contribution in [2.75, 3.05) is 7.11 Å². The molecule has 1 saturated carbocycles. The van der Waals surface area contributed by atoms with E-state index in [0.29, 0.717) is 12.5 Å². The number of hydrogen-bond donors (Lipinski definition) is 1. The number of nitrogens with zero attached hydrogens (tertiary/aromatic N) is 2. The molecule has 5 rings (SSSR count). The van der Waals surface area contributed by atoms with Gasteiger partial charge in [0, 0.05) is 22.7 Å². The highest BCUT2D eigenvalue weighted by Crippen LogP contribution is 2.37. The third kappa shape index (κ3) is 4.81. The SMILES string of the molecule is COc1ccc(-c2ccncc2)cc1CN(C(=O)c1cc2ccccc2s1)C1(N)CCC(C)CC1. The zero-order chi connectivity index (χ0) is 24.4. The van der Waals surface area contributed by atoms with Gasteiger partial charge in [0.05, 0.1) is 24.2 Å². The van der Waals surface area contributed by atoms with Crippen molar-refractivity contribution in [3.05, 3.63) is 83.5 Å². The van der Waals surface area contributed by atoms with Gasteiger partial charge < -0.3 is 15.4 Å². The maximum Gasteiger partial charge on any atom is 0.265 e. The lowest BCUT2D eigenvalue weighted by Gasteiger charge is -2.45. The Morgan fingerprint density at radius 3 is 2.54 bits per heavy atom. The summed E-state index contributed by atoms with van der Waals surface area (Å²) >= 11 is 1.53. The molecule has 35 heavy (non-hydrogen) atoms. The average Bonchev–Trinajstić information content (AvgIpc) is 3.33. The standard InChI is InChI=1S/C29H31N3O2S/c1-20-9-13-29(30,14-10-20)32(28(33)27-18-23-5-3-4-6-26(23)35-27)19-24-17-22(7-8-25(24)34-2)21-11-15-31-16-12-21/h3-8,11-12,15-18,20H,9-10,13-14,19,30H2,1-2H3. The van der Waals surface area contributed by atoms with E-state index in [-0.39, 0.29) is 5.91 Å². The van der Waals surface area contributed by atoms with Gasteiger partial charge in [-0.1, -0.05) is 31.2 Å². The molecule has 0 radical (unpaired) electrons. The van der Waals surface area contributed by atoms with Crippen molar-refractivity contribution in [3.8, 4) is 16.9 Å². The summed E-state index contributed by atoms with van der Waals surface area (Å²) in [6, 6.07) is 20.2. The molecule has 2 N–H and O–H groups in total. The van der Waals surface area contributed by atoms with E-state index in [4.69, 9.17) is 10.5 Å². The van der Waals surface area contributed by atoms with Crippen molar-refractivity contribution in [2.45, 2.75) is 44.8 Å². The first-order valence-electron chi connectivity index (χ1n) is 12.1. The zero-order valence-electron chi connectivity index (χ0n) is 20.2. The first-order chi connectivity index (χ1) is 17.0. The Morgan fingerprint density at radius 2 is 1.83 bits per heavy atom. The minimum Gasteiger partial charge on any atom is -0.496 e. The molecule has 0 unspecified atom stereocenters. The predicted octanol–water partition coefficient (Wildman–Crippen LogP) is 6.48. The van der Waals surface area contributed by atoms with Crippen molar-refractivity contribution in [1.82, 2.24) is 9.88 Å². The summed E-state index contributed by atoms with van der Waals surface area (Å²) in [6.45, 7) is 2.65. The highest BCUT2D eigenvalue weighted by atomic mass is 32.1. The number of carbonyl (C=O) groups excluding carboxylic acids is 1. The Kier molecular flexibility index (Phi) is 6.58. The second-order valence-corrected chi connectivity index (χ2v) is 10.7. The molecule has 4 aromatic rings. The summed E-state index contributed by atoms with van der Waals surface area (Å²) in [5, 5.41) is 1.08. The molecule has 180 valence electrons. The Morgan fingerprint density at radius 1 is 1.09 bits per heavy atom. The van der Waals surface area contributed by atoms with Crippen LogP contribution in [0.1, 0.15) is 47.8 Å². The van der Waals surface area contributed by atoms with Gasteiger partial charge in [0.2, 0.25) is 0 Å². The van der Waals surface area contributed by atoms with Crippen LogP contribution in [0.25, 0.3) is 21.2 Å². The summed E-state index contributed by atoms with van der Waals surface area (Å²) in [6.07, 6.45) is 7.18. The second-order valence-electron chi connectivity index (χ2n) is 9.59. The smallest absolute Gasteiger partial charge is 0.265 e. The van der Waals surface area contributed by atoms with Crippen molar-refractivity contribution in [1.29, 1.82) is 0 Å². The lowest BCUT2D eigenvalue weighted by Crippen LogP contribution is -2.59. The van der Waals surface area contributed by atoms with Gasteiger partial charge in [0.25, 0.3) is 5.91 Å². The molecule has 6 heteroatoms. The Labute approximate surface area is 210 Å². The lowest BCUT2D eigenvalue weighted by molar-refractivity contribution is 0.0266. The Bertz CT molecular complexity index is 1290. The molecular weight excluding hydrogens is 454 g/mol. The molecule has 0 atom stereocenters. The molecule has 5 nitrogen and oxygen atoms in total. The van der Waals surface area contributed by atoms with Gasteiger partial charge in [-0.2, -0.15) is 0 Å². The molecule has 0 aliphatic heterocycles. The minimum atomic E-state index is -0.697. The summed E-state index contributed by atoms with van der Waals surface area (Å²) in [7, 11) is 1.67. The van der Waals surface area contributed by atoms with Crippen LogP contribution in [0, 0.1) is 5.92 Å². The van der Waals surface area contributed by atoms with Gasteiger partial charge in [-0.05, 0) is 84.5 Å². The first-order valence-corrected chi connectivity index (χ1v) is 13.0. The van der Waals surface area contributed by atoms with Crippen molar-refractivity contribution >= 4 is 27.3 Å². The number of hydrogen-bond acceptors (Lipinski definition) is 5. The number of ether oxygens (including phenoxy) is 1. The number of nitrogens with two attached hydrogens (primary N) is 1. The van der Waals surface area contributed by atoms with Crippen LogP contribution in [0.15, 0.2) is 73.1 Å². The topological polar surface area (TPSA) is 68.5 Å². The number of carbonyl (C=O) groups is 1. The molecule has 1 aliphatic carbocycles. The molecular formula is C29H31N3O2S. The molecule has 0 bridgehead atoms. The number of benzene rings is 2. The van der Waals surface area contributed by atoms with Gasteiger partial charge in [0.15, 0.2) is 0 Å². The van der Waals surface area contributed by atoms with E-state index >= 15 is 0 Å². The largest absolute Gasteiger partial charge is 0.496 e. The van der Waals surface area contributed by atoms with Crippen molar-refractivity contribution < 1.29 is 9.53 Å². The number of aromatic nitrogens is 1. The van der Waals surface area contributed by atoms with E-state index in [0.717, 1.165) is 63.1 Å². The van der Waals surface area contributed by atoms with Gasteiger partial charge in [-0.15, -0.1) is 11.3 Å². The third-order valence-electron chi connectivity index (χ3n) is 7.18. The highest BCUT2D eigenvalue weighted by Gasteiger charge is 2.40. The number of thiophene rings is 1. The van der Waals surface area contributed by atoms with Crippen LogP contribution in [0.2, 0.25) is 0 Å². The summed E-state index contributed by atoms with van der Waals surface area (Å²) in [4.78, 5) is 20.8. The van der Waals surface area contributed by atoms with Crippen molar-refractivity contribution in [2.24, 2.45) is 11.7 Å². The van der Waals surface area contributed by atoms with Crippen molar-refractivity contribution in [3.63, 3.8) is 0 Å². The first kappa shape index (κ1) is 23.5. The number of methoxy groups -OCH3 is 1. The normalized spacial score (nSPS) is 20.0. The summed E-state index contributed by atoms with van der Waals surface area (Å²) < 4.78 is 6.83. The van der Waals surface area contributed by atoms with Crippen LogP contribution in [0.5, 0.6) is 5.75 Å². The molecule has 0 spiro atoms. The second kappa shape index (κ2) is 9.80. The molecule has 0 saturated heterocycles. The van der Waals surface area contributed by atoms with Crippen LogP contribution >= 0.6 is 11.3 Å². The van der Waals surface area contributed by atoms with Gasteiger partial charge in [-0.25, -0.2) is 0 Å². The Balaban J connectivity index is 1.55. The Hall–Kier alpha value is -3.22. The van der Waals surface area contributed by atoms with Crippen LogP contribution in [-0.4, -0.2) is 28.6 Å². The predicted molar refractivity (Wildman–Crippen MR) is 142 cm³/mol. The van der Waals surface area contributed by atoms with Gasteiger partial charge in [-0.3, -0.25) is 9.78 Å². The summed E-state index contributed by atoms with van der Waals surface area (Å²) in [5.74, 6) is 1.36. The number of rotatable bonds is 6. The van der Waals surface area contributed by atoms with Gasteiger partial charge in [0.1, 0.15) is 5.75 Å². The average molecular weight is 486 g/mol. The van der Waals surface area contributed by atoms with Crippen LogP contribution in [-0.2, 0) is 6.54 Å². The monoisotopic (exact) mass is 485 g/mol. The van der Waals surface area contributed by atoms with Gasteiger partial charge >= 0.3 is 0 Å². The van der Waals surface area contributed by atoms with E-state index in [2.05, 4.69) is 30.1 Å². The molecule has 2 aromatic heterocycles. The number of fused-ring (bicyclic) bond motifs is 1. The zero-order valence-corrected chi connectivity index (χ0v) is 21.1. The molecule has 1 amide bonds. The van der Waals surface area contributed by atoms with E-state index in [1.165, 1.54) is 11.3 Å². The highest BCUT2D eigenvalue weighted by molar-refractivity contribution is 7.20. The quantitative estimate of drug-likeness (QED) is 0.317. The van der Waals surface area contributed by atoms with E-state index in [9.17, 15) is 4.79 Å². The lowest BCUT2D eigenvalue weighted by atomic mass is 9.82. The van der Waals surface area contributed by atoms with Crippen LogP contribution in [0.3, 0.4) is 0 Å².